The average molecular weight is 225 g/mol. The van der Waals surface area contributed by atoms with Gasteiger partial charge in [-0.15, -0.1) is 0 Å². The van der Waals surface area contributed by atoms with Crippen LogP contribution in [0.1, 0.15) is 50.0 Å². The van der Waals surface area contributed by atoms with Gasteiger partial charge in [0.25, 0.3) is 0 Å². The van der Waals surface area contributed by atoms with E-state index in [4.69, 9.17) is 11.6 Å². The van der Waals surface area contributed by atoms with Gasteiger partial charge in [-0.3, -0.25) is 4.79 Å². The van der Waals surface area contributed by atoms with Crippen molar-refractivity contribution in [3.05, 3.63) is 34.3 Å². The molecule has 0 amide bonds. The first-order valence-corrected chi connectivity index (χ1v) is 5.57. The van der Waals surface area contributed by atoms with Crippen molar-refractivity contribution < 1.29 is 4.79 Å². The summed E-state index contributed by atoms with van der Waals surface area (Å²) in [5.41, 5.74) is 1.85. The molecule has 0 aliphatic rings. The lowest BCUT2D eigenvalue weighted by Crippen LogP contribution is -2.11. The number of rotatable bonds is 2. The molecule has 0 aromatic heterocycles. The first-order valence-electron chi connectivity index (χ1n) is 5.19. The summed E-state index contributed by atoms with van der Waals surface area (Å²) < 4.78 is 0. The van der Waals surface area contributed by atoms with Crippen molar-refractivity contribution in [2.75, 3.05) is 0 Å². The molecular formula is C13H17ClO. The summed E-state index contributed by atoms with van der Waals surface area (Å²) in [5, 5.41) is 0.564. The molecule has 0 bridgehead atoms. The molecule has 0 saturated heterocycles. The Labute approximate surface area is 96.5 Å². The van der Waals surface area contributed by atoms with Gasteiger partial charge in [0.15, 0.2) is 5.78 Å². The van der Waals surface area contributed by atoms with E-state index in [-0.39, 0.29) is 11.2 Å². The van der Waals surface area contributed by atoms with Crippen LogP contribution in [0.3, 0.4) is 0 Å². The Bertz CT molecular complexity index is 375. The van der Waals surface area contributed by atoms with Crippen LogP contribution >= 0.6 is 11.6 Å². The molecule has 1 aromatic carbocycles. The number of carbonyl (C=O) groups excluding carboxylic acids is 1. The number of Topliss-reactive ketones (excluding diaryl/α,β-unsaturated/α-hetero) is 1. The van der Waals surface area contributed by atoms with Gasteiger partial charge in [0, 0.05) is 12.0 Å². The van der Waals surface area contributed by atoms with E-state index >= 15 is 0 Å². The number of benzene rings is 1. The maximum absolute atomic E-state index is 11.5. The quantitative estimate of drug-likeness (QED) is 0.687. The third-order valence-corrected chi connectivity index (χ3v) is 2.77. The van der Waals surface area contributed by atoms with Gasteiger partial charge in [0.1, 0.15) is 0 Å². The molecule has 0 spiro atoms. The van der Waals surface area contributed by atoms with Crippen molar-refractivity contribution in [1.29, 1.82) is 0 Å². The molecule has 2 heteroatoms. The molecule has 0 atom stereocenters. The lowest BCUT2D eigenvalue weighted by molar-refractivity contribution is 0.0988. The molecule has 1 aromatic rings. The largest absolute Gasteiger partial charge is 0.294 e. The lowest BCUT2D eigenvalue weighted by atomic mass is 9.86. The van der Waals surface area contributed by atoms with Crippen LogP contribution in [0.4, 0.5) is 0 Å². The van der Waals surface area contributed by atoms with Crippen LogP contribution in [-0.4, -0.2) is 5.78 Å². The van der Waals surface area contributed by atoms with Gasteiger partial charge in [0.05, 0.1) is 5.02 Å². The summed E-state index contributed by atoms with van der Waals surface area (Å²) in [7, 11) is 0. The van der Waals surface area contributed by atoms with Gasteiger partial charge < -0.3 is 0 Å². The van der Waals surface area contributed by atoms with Crippen molar-refractivity contribution >= 4 is 17.4 Å². The van der Waals surface area contributed by atoms with E-state index in [1.54, 1.807) is 0 Å². The summed E-state index contributed by atoms with van der Waals surface area (Å²) in [6.45, 7) is 8.22. The molecule has 0 radical (unpaired) electrons. The predicted molar refractivity (Wildman–Crippen MR) is 64.8 cm³/mol. The number of hydrogen-bond donors (Lipinski definition) is 0. The van der Waals surface area contributed by atoms with Crippen molar-refractivity contribution in [1.82, 2.24) is 0 Å². The SMILES string of the molecule is CCC(=O)c1ccc(C(C)(C)C)cc1Cl. The molecule has 0 heterocycles. The van der Waals surface area contributed by atoms with Crippen LogP contribution in [0.15, 0.2) is 18.2 Å². The smallest absolute Gasteiger partial charge is 0.164 e. The molecule has 1 rings (SSSR count). The fourth-order valence-electron chi connectivity index (χ4n) is 1.40. The molecule has 0 fully saturated rings. The maximum atomic E-state index is 11.5. The molecule has 0 N–H and O–H groups in total. The second kappa shape index (κ2) is 4.36. The summed E-state index contributed by atoms with van der Waals surface area (Å²) >= 11 is 6.09. The average Bonchev–Trinajstić information content (AvgIpc) is 2.15. The number of hydrogen-bond acceptors (Lipinski definition) is 1. The summed E-state index contributed by atoms with van der Waals surface area (Å²) in [6.07, 6.45) is 0.495. The van der Waals surface area contributed by atoms with E-state index < -0.39 is 0 Å². The van der Waals surface area contributed by atoms with Crippen LogP contribution in [0.5, 0.6) is 0 Å². The van der Waals surface area contributed by atoms with E-state index in [1.165, 1.54) is 0 Å². The molecule has 0 aliphatic heterocycles. The maximum Gasteiger partial charge on any atom is 0.164 e. The second-order valence-corrected chi connectivity index (χ2v) is 5.13. The van der Waals surface area contributed by atoms with E-state index in [0.29, 0.717) is 17.0 Å². The minimum Gasteiger partial charge on any atom is -0.294 e. The zero-order valence-electron chi connectivity index (χ0n) is 9.73. The topological polar surface area (TPSA) is 17.1 Å². The van der Waals surface area contributed by atoms with E-state index in [9.17, 15) is 4.79 Å². The van der Waals surface area contributed by atoms with Crippen molar-refractivity contribution in [2.24, 2.45) is 0 Å². The van der Waals surface area contributed by atoms with E-state index in [2.05, 4.69) is 20.8 Å². The van der Waals surface area contributed by atoms with Crippen LogP contribution in [0.2, 0.25) is 5.02 Å². The number of halogens is 1. The molecule has 0 unspecified atom stereocenters. The fraction of sp³-hybridized carbons (Fsp3) is 0.462. The Balaban J connectivity index is 3.15. The van der Waals surface area contributed by atoms with Crippen LogP contribution in [0.25, 0.3) is 0 Å². The highest BCUT2D eigenvalue weighted by atomic mass is 35.5. The third kappa shape index (κ3) is 2.82. The predicted octanol–water partition coefficient (Wildman–Crippen LogP) is 4.23. The summed E-state index contributed by atoms with van der Waals surface area (Å²) in [4.78, 5) is 11.5. The molecule has 15 heavy (non-hydrogen) atoms. The monoisotopic (exact) mass is 224 g/mol. The van der Waals surface area contributed by atoms with Gasteiger partial charge in [-0.25, -0.2) is 0 Å². The Kier molecular flexibility index (Phi) is 3.56. The standard InChI is InChI=1S/C13H17ClO/c1-5-12(15)10-7-6-9(8-11(10)14)13(2,3)4/h6-8H,5H2,1-4H3. The van der Waals surface area contributed by atoms with Crippen LogP contribution < -0.4 is 0 Å². The second-order valence-electron chi connectivity index (χ2n) is 4.72. The first kappa shape index (κ1) is 12.3. The van der Waals surface area contributed by atoms with E-state index in [0.717, 1.165) is 5.56 Å². The molecule has 1 nitrogen and oxygen atoms in total. The number of ketones is 1. The normalized spacial score (nSPS) is 11.5. The summed E-state index contributed by atoms with van der Waals surface area (Å²) in [5.74, 6) is 0.0976. The van der Waals surface area contributed by atoms with Gasteiger partial charge in [-0.2, -0.15) is 0 Å². The highest BCUT2D eigenvalue weighted by Gasteiger charge is 2.16. The minimum absolute atomic E-state index is 0.0669. The van der Waals surface area contributed by atoms with Gasteiger partial charge in [0.2, 0.25) is 0 Å². The fourth-order valence-corrected chi connectivity index (χ4v) is 1.68. The number of carbonyl (C=O) groups is 1. The molecular weight excluding hydrogens is 208 g/mol. The van der Waals surface area contributed by atoms with Crippen LogP contribution in [0, 0.1) is 0 Å². The Morgan fingerprint density at radius 2 is 1.93 bits per heavy atom. The van der Waals surface area contributed by atoms with Gasteiger partial charge in [-0.1, -0.05) is 45.4 Å². The first-order chi connectivity index (χ1) is 6.86. The van der Waals surface area contributed by atoms with Crippen molar-refractivity contribution in [3.8, 4) is 0 Å². The zero-order valence-corrected chi connectivity index (χ0v) is 10.5. The zero-order chi connectivity index (χ0) is 11.6. The van der Waals surface area contributed by atoms with Crippen molar-refractivity contribution in [3.63, 3.8) is 0 Å². The van der Waals surface area contributed by atoms with Gasteiger partial charge in [-0.05, 0) is 23.1 Å². The van der Waals surface area contributed by atoms with Gasteiger partial charge >= 0.3 is 0 Å². The van der Waals surface area contributed by atoms with Crippen LogP contribution in [-0.2, 0) is 5.41 Å². The molecule has 0 aliphatic carbocycles. The van der Waals surface area contributed by atoms with Crippen molar-refractivity contribution in [2.45, 2.75) is 39.5 Å². The highest BCUT2D eigenvalue weighted by molar-refractivity contribution is 6.34. The Morgan fingerprint density at radius 1 is 1.33 bits per heavy atom. The Hall–Kier alpha value is -0.820. The highest BCUT2D eigenvalue weighted by Crippen LogP contribution is 2.27. The molecule has 0 saturated carbocycles. The minimum atomic E-state index is 0.0669. The molecule has 82 valence electrons. The lowest BCUT2D eigenvalue weighted by Gasteiger charge is -2.19. The third-order valence-electron chi connectivity index (χ3n) is 2.46. The Morgan fingerprint density at radius 3 is 2.33 bits per heavy atom. The van der Waals surface area contributed by atoms with E-state index in [1.807, 2.05) is 25.1 Å². The summed E-state index contributed by atoms with van der Waals surface area (Å²) in [6, 6.07) is 5.70.